The molecule has 186 valence electrons. The Hall–Kier alpha value is -3.23. The van der Waals surface area contributed by atoms with E-state index in [1.807, 2.05) is 19.1 Å². The van der Waals surface area contributed by atoms with Gasteiger partial charge in [-0.25, -0.2) is 13.8 Å². The molecule has 0 saturated heterocycles. The second-order valence-electron chi connectivity index (χ2n) is 8.54. The van der Waals surface area contributed by atoms with Crippen molar-refractivity contribution in [2.24, 2.45) is 0 Å². The first-order valence-electron chi connectivity index (χ1n) is 11.9. The summed E-state index contributed by atoms with van der Waals surface area (Å²) in [7, 11) is 0. The Bertz CT molecular complexity index is 1110. The predicted octanol–water partition coefficient (Wildman–Crippen LogP) is 3.76. The van der Waals surface area contributed by atoms with Crippen molar-refractivity contribution < 1.29 is 18.7 Å². The van der Waals surface area contributed by atoms with Crippen LogP contribution in [0, 0.1) is 11.6 Å². The molecule has 3 N–H and O–H groups in total. The molecule has 35 heavy (non-hydrogen) atoms. The van der Waals surface area contributed by atoms with Gasteiger partial charge in [-0.15, -0.1) is 0 Å². The van der Waals surface area contributed by atoms with E-state index in [0.717, 1.165) is 24.5 Å². The van der Waals surface area contributed by atoms with Crippen LogP contribution in [-0.4, -0.2) is 39.7 Å². The van der Waals surface area contributed by atoms with Gasteiger partial charge in [-0.1, -0.05) is 44.5 Å². The molecule has 0 saturated carbocycles. The van der Waals surface area contributed by atoms with E-state index in [9.17, 15) is 18.7 Å². The van der Waals surface area contributed by atoms with Gasteiger partial charge < -0.3 is 15.7 Å². The van der Waals surface area contributed by atoms with Crippen molar-refractivity contribution >= 4 is 5.91 Å². The largest absolute Gasteiger partial charge is 0.390 e. The molecule has 0 bridgehead atoms. The van der Waals surface area contributed by atoms with Crippen LogP contribution in [0.1, 0.15) is 53.1 Å². The Morgan fingerprint density at radius 1 is 1.00 bits per heavy atom. The summed E-state index contributed by atoms with van der Waals surface area (Å²) in [6, 6.07) is 10.5. The van der Waals surface area contributed by atoms with Crippen molar-refractivity contribution in [1.82, 2.24) is 20.6 Å². The van der Waals surface area contributed by atoms with Gasteiger partial charge in [-0.05, 0) is 48.1 Å². The highest BCUT2D eigenvalue weighted by Gasteiger charge is 2.25. The van der Waals surface area contributed by atoms with Crippen molar-refractivity contribution in [2.75, 3.05) is 6.54 Å². The quantitative estimate of drug-likeness (QED) is 0.366. The van der Waals surface area contributed by atoms with E-state index in [1.54, 1.807) is 0 Å². The van der Waals surface area contributed by atoms with Crippen LogP contribution in [0.5, 0.6) is 0 Å². The van der Waals surface area contributed by atoms with Crippen molar-refractivity contribution in [1.29, 1.82) is 0 Å². The molecule has 2 aromatic carbocycles. The second kappa shape index (κ2) is 13.0. The third-order valence-electron chi connectivity index (χ3n) is 5.72. The standard InChI is InChI=1S/C27H32F2N4O2/c1-3-6-23-26(32-10-9-31-23)27(35)33-24(14-20-12-21(28)15-22(29)13-20)25(34)17-30-16-19-8-5-7-18(4-2)11-19/h5,7-13,15,24-25,30,34H,3-4,6,14,16-17H2,1-2H3,(H,33,35). The van der Waals surface area contributed by atoms with E-state index in [4.69, 9.17) is 0 Å². The molecule has 0 fully saturated rings. The van der Waals surface area contributed by atoms with E-state index in [1.165, 1.54) is 30.1 Å². The number of aryl methyl sites for hydroxylation is 2. The molecule has 3 aromatic rings. The van der Waals surface area contributed by atoms with Crippen molar-refractivity contribution in [2.45, 2.75) is 58.2 Å². The minimum Gasteiger partial charge on any atom is -0.390 e. The fraction of sp³-hybridized carbons (Fsp3) is 0.370. The number of rotatable bonds is 12. The number of hydrogen-bond acceptors (Lipinski definition) is 5. The highest BCUT2D eigenvalue weighted by Crippen LogP contribution is 2.14. The lowest BCUT2D eigenvalue weighted by atomic mass is 10.00. The number of aromatic nitrogens is 2. The first-order valence-corrected chi connectivity index (χ1v) is 11.9. The Labute approximate surface area is 204 Å². The summed E-state index contributed by atoms with van der Waals surface area (Å²) in [4.78, 5) is 21.5. The van der Waals surface area contributed by atoms with Crippen LogP contribution in [0.3, 0.4) is 0 Å². The number of amides is 1. The molecule has 1 aromatic heterocycles. The summed E-state index contributed by atoms with van der Waals surface area (Å²) >= 11 is 0. The molecule has 1 amide bonds. The Morgan fingerprint density at radius 2 is 1.71 bits per heavy atom. The summed E-state index contributed by atoms with van der Waals surface area (Å²) in [5.41, 5.74) is 3.37. The van der Waals surface area contributed by atoms with E-state index < -0.39 is 29.7 Å². The molecule has 2 unspecified atom stereocenters. The molecule has 3 rings (SSSR count). The Kier molecular flexibility index (Phi) is 9.81. The monoisotopic (exact) mass is 482 g/mol. The van der Waals surface area contributed by atoms with Crippen molar-refractivity contribution in [3.8, 4) is 0 Å². The number of hydrogen-bond donors (Lipinski definition) is 3. The molecule has 0 aliphatic heterocycles. The molecular weight excluding hydrogens is 450 g/mol. The van der Waals surface area contributed by atoms with Gasteiger partial charge >= 0.3 is 0 Å². The normalized spacial score (nSPS) is 12.8. The molecule has 0 aliphatic rings. The van der Waals surface area contributed by atoms with Crippen LogP contribution >= 0.6 is 0 Å². The van der Waals surface area contributed by atoms with E-state index >= 15 is 0 Å². The molecule has 2 atom stereocenters. The minimum absolute atomic E-state index is 0.0396. The number of nitrogens with one attached hydrogen (secondary N) is 2. The summed E-state index contributed by atoms with van der Waals surface area (Å²) in [5, 5.41) is 17.0. The lowest BCUT2D eigenvalue weighted by molar-refractivity contribution is 0.0823. The van der Waals surface area contributed by atoms with Gasteiger partial charge in [-0.2, -0.15) is 0 Å². The molecule has 8 heteroatoms. The molecule has 0 aliphatic carbocycles. The summed E-state index contributed by atoms with van der Waals surface area (Å²) < 4.78 is 27.6. The predicted molar refractivity (Wildman–Crippen MR) is 131 cm³/mol. The number of aliphatic hydroxyl groups excluding tert-OH is 1. The third-order valence-corrected chi connectivity index (χ3v) is 5.72. The Balaban J connectivity index is 1.74. The maximum absolute atomic E-state index is 13.8. The highest BCUT2D eigenvalue weighted by atomic mass is 19.1. The zero-order chi connectivity index (χ0) is 25.2. The average molecular weight is 483 g/mol. The lowest BCUT2D eigenvalue weighted by Crippen LogP contribution is -2.49. The first-order chi connectivity index (χ1) is 16.9. The van der Waals surface area contributed by atoms with Gasteiger partial charge in [-0.3, -0.25) is 9.78 Å². The zero-order valence-corrected chi connectivity index (χ0v) is 20.1. The maximum Gasteiger partial charge on any atom is 0.272 e. The number of nitrogens with zero attached hydrogens (tertiary/aromatic N) is 2. The summed E-state index contributed by atoms with van der Waals surface area (Å²) in [6.45, 7) is 4.76. The molecule has 0 spiro atoms. The second-order valence-corrected chi connectivity index (χ2v) is 8.54. The molecular formula is C27H32F2N4O2. The number of benzene rings is 2. The van der Waals surface area contributed by atoms with Crippen LogP contribution in [0.4, 0.5) is 8.78 Å². The lowest BCUT2D eigenvalue weighted by Gasteiger charge is -2.25. The average Bonchev–Trinajstić information content (AvgIpc) is 2.83. The SMILES string of the molecule is CCCc1nccnc1C(=O)NC(Cc1cc(F)cc(F)c1)C(O)CNCc1cccc(CC)c1. The number of aliphatic hydroxyl groups is 1. The zero-order valence-electron chi connectivity index (χ0n) is 20.1. The van der Waals surface area contributed by atoms with Crippen LogP contribution in [0.2, 0.25) is 0 Å². The van der Waals surface area contributed by atoms with Gasteiger partial charge in [0.05, 0.1) is 17.8 Å². The van der Waals surface area contributed by atoms with Crippen LogP contribution < -0.4 is 10.6 Å². The smallest absolute Gasteiger partial charge is 0.272 e. The Morgan fingerprint density at radius 3 is 2.43 bits per heavy atom. The number of carbonyl (C=O) groups is 1. The van der Waals surface area contributed by atoms with Gasteiger partial charge in [0, 0.05) is 31.5 Å². The number of carbonyl (C=O) groups excluding carboxylic acids is 1. The van der Waals surface area contributed by atoms with Crippen molar-refractivity contribution in [3.63, 3.8) is 0 Å². The van der Waals surface area contributed by atoms with Crippen LogP contribution in [0.25, 0.3) is 0 Å². The molecule has 6 nitrogen and oxygen atoms in total. The summed E-state index contributed by atoms with van der Waals surface area (Å²) in [6.07, 6.45) is 4.28. The van der Waals surface area contributed by atoms with Crippen molar-refractivity contribution in [3.05, 3.63) is 94.6 Å². The first kappa shape index (κ1) is 26.4. The number of halogens is 2. The van der Waals surface area contributed by atoms with Gasteiger partial charge in [0.15, 0.2) is 0 Å². The minimum atomic E-state index is -1.02. The van der Waals surface area contributed by atoms with Gasteiger partial charge in [0.1, 0.15) is 17.3 Å². The van der Waals surface area contributed by atoms with E-state index in [0.29, 0.717) is 24.2 Å². The fourth-order valence-corrected chi connectivity index (χ4v) is 3.95. The summed E-state index contributed by atoms with van der Waals surface area (Å²) in [5.74, 6) is -1.92. The van der Waals surface area contributed by atoms with E-state index in [2.05, 4.69) is 39.7 Å². The third kappa shape index (κ3) is 7.90. The molecule has 1 heterocycles. The van der Waals surface area contributed by atoms with Crippen LogP contribution in [0.15, 0.2) is 54.9 Å². The highest BCUT2D eigenvalue weighted by molar-refractivity contribution is 5.93. The maximum atomic E-state index is 13.8. The van der Waals surface area contributed by atoms with Crippen LogP contribution in [-0.2, 0) is 25.8 Å². The van der Waals surface area contributed by atoms with Gasteiger partial charge in [0.25, 0.3) is 5.91 Å². The van der Waals surface area contributed by atoms with E-state index in [-0.39, 0.29) is 18.7 Å². The topological polar surface area (TPSA) is 87.1 Å². The molecule has 0 radical (unpaired) electrons. The van der Waals surface area contributed by atoms with Gasteiger partial charge in [0.2, 0.25) is 0 Å². The fourth-order valence-electron chi connectivity index (χ4n) is 3.95.